The fourth-order valence-corrected chi connectivity index (χ4v) is 13.2. The van der Waals surface area contributed by atoms with Crippen LogP contribution in [0.15, 0.2) is 85.7 Å². The van der Waals surface area contributed by atoms with Gasteiger partial charge in [0.25, 0.3) is 23.6 Å². The van der Waals surface area contributed by atoms with Crippen LogP contribution in [0.3, 0.4) is 0 Å². The molecule has 8 amide bonds. The molecule has 4 atom stereocenters. The first-order valence-electron chi connectivity index (χ1n) is 26.9. The van der Waals surface area contributed by atoms with E-state index in [1.807, 2.05) is 45.4 Å². The van der Waals surface area contributed by atoms with E-state index in [9.17, 15) is 38.4 Å². The van der Waals surface area contributed by atoms with Gasteiger partial charge in [-0.1, -0.05) is 25.3 Å². The molecule has 24 heteroatoms. The molecule has 2 aromatic carbocycles. The first kappa shape index (κ1) is 55.2. The van der Waals surface area contributed by atoms with Crippen LogP contribution in [0.25, 0.3) is 0 Å². The number of fused-ring (bicyclic) bond motifs is 2. The summed E-state index contributed by atoms with van der Waals surface area (Å²) in [5.74, 6) is -2.65. The number of benzene rings is 2. The highest BCUT2D eigenvalue weighted by Gasteiger charge is 2.69. The highest BCUT2D eigenvalue weighted by atomic mass is 35.5. The number of carbonyl (C=O) groups excluding carboxylic acids is 8. The Kier molecular flexibility index (Phi) is 14.3. The van der Waals surface area contributed by atoms with Crippen molar-refractivity contribution in [1.29, 1.82) is 0 Å². The number of nitrogens with one attached hydrogen (secondary N) is 4. The number of anilines is 2. The number of allylic oxidation sites excluding steroid dienone is 2. The van der Waals surface area contributed by atoms with Crippen LogP contribution in [0.2, 0.25) is 0 Å². The summed E-state index contributed by atoms with van der Waals surface area (Å²) in [5.41, 5.74) is 3.76. The Bertz CT molecular complexity index is 3110. The molecule has 20 nitrogen and oxygen atoms in total. The zero-order valence-corrected chi connectivity index (χ0v) is 47.2. The average Bonchev–Trinajstić information content (AvgIpc) is 4.04. The molecule has 2 unspecified atom stereocenters. The Balaban J connectivity index is 0.000000169. The largest absolute Gasteiger partial charge is 0.380 e. The van der Waals surface area contributed by atoms with Crippen LogP contribution in [-0.4, -0.2) is 133 Å². The van der Waals surface area contributed by atoms with E-state index in [4.69, 9.17) is 46.4 Å². The topological polar surface area (TPSA) is 233 Å². The summed E-state index contributed by atoms with van der Waals surface area (Å²) in [6.07, 6.45) is 13.2. The van der Waals surface area contributed by atoms with E-state index in [0.717, 1.165) is 46.6 Å². The van der Waals surface area contributed by atoms with Gasteiger partial charge in [0.05, 0.1) is 57.6 Å². The van der Waals surface area contributed by atoms with Gasteiger partial charge in [-0.15, -0.1) is 46.4 Å². The first-order valence-corrected chi connectivity index (χ1v) is 28.4. The fraction of sp³-hybridized carbons (Fsp3) is 0.464. The molecular weight excluding hydrogens is 1110 g/mol. The molecule has 420 valence electrons. The van der Waals surface area contributed by atoms with Crippen LogP contribution in [0.1, 0.15) is 143 Å². The number of alkyl halides is 4. The van der Waals surface area contributed by atoms with Crippen LogP contribution < -0.4 is 21.3 Å². The molecule has 6 fully saturated rings. The van der Waals surface area contributed by atoms with Crippen molar-refractivity contribution in [3.8, 4) is 0 Å². The maximum atomic E-state index is 13.4. The molecule has 12 rings (SSSR count). The quantitative estimate of drug-likeness (QED) is 0.0811. The van der Waals surface area contributed by atoms with Crippen molar-refractivity contribution in [2.45, 2.75) is 124 Å². The third-order valence-corrected chi connectivity index (χ3v) is 19.4. The summed E-state index contributed by atoms with van der Waals surface area (Å²) >= 11 is 24.8. The summed E-state index contributed by atoms with van der Waals surface area (Å²) in [6.45, 7) is 14.4. The summed E-state index contributed by atoms with van der Waals surface area (Å²) < 4.78 is 1.90. The van der Waals surface area contributed by atoms with E-state index >= 15 is 0 Å². The molecule has 8 heterocycles. The number of piperidine rings is 4. The monoisotopic (exact) mass is 1170 g/mol. The number of amides is 8. The number of carbonyl (C=O) groups is 8. The number of hydrogen-bond acceptors (Lipinski definition) is 12. The van der Waals surface area contributed by atoms with Crippen molar-refractivity contribution in [1.82, 2.24) is 49.8 Å². The molecular formula is C56H60Cl4N12O8. The molecule has 0 spiro atoms. The number of likely N-dealkylation sites (tertiary alicyclic amines) is 2. The molecule has 4 aromatic rings. The van der Waals surface area contributed by atoms with Crippen LogP contribution in [0.4, 0.5) is 11.4 Å². The fourth-order valence-electron chi connectivity index (χ4n) is 11.8. The third-order valence-electron chi connectivity index (χ3n) is 17.1. The summed E-state index contributed by atoms with van der Waals surface area (Å²) in [4.78, 5) is 110. The molecule has 2 aromatic heterocycles. The number of rotatable bonds is 12. The Morgan fingerprint density at radius 2 is 0.950 bits per heavy atom. The first-order chi connectivity index (χ1) is 38.0. The van der Waals surface area contributed by atoms with E-state index in [-0.39, 0.29) is 46.2 Å². The standard InChI is InChI=1S/2C28H30Cl2N6O4/c2*1-16-6-7-21(23(37)33-16)36-24(38)19-4-3-5-20(22(19)25(36)39)31-12-17-13-32-35(14-17)18-8-10-34(11-9-18)26(40)27(2)15-28(27,29)30/h2*3-5,13-14,18,21,31H,1,6-12,15H2,2H3,(H,33,37)/t2*21?,27-/m10/s1. The van der Waals surface area contributed by atoms with Gasteiger partial charge in [0.2, 0.25) is 23.6 Å². The maximum absolute atomic E-state index is 13.4. The Hall–Kier alpha value is -6.74. The van der Waals surface area contributed by atoms with E-state index in [1.165, 1.54) is 0 Å². The molecule has 4 N–H and O–H groups in total. The van der Waals surface area contributed by atoms with Crippen LogP contribution in [0.5, 0.6) is 0 Å². The van der Waals surface area contributed by atoms with E-state index in [2.05, 4.69) is 44.6 Å². The molecule has 8 aliphatic rings. The Labute approximate surface area is 481 Å². The van der Waals surface area contributed by atoms with Gasteiger partial charge < -0.3 is 31.1 Å². The highest BCUT2D eigenvalue weighted by Crippen LogP contribution is 2.65. The van der Waals surface area contributed by atoms with Crippen molar-refractivity contribution in [3.63, 3.8) is 0 Å². The average molecular weight is 1170 g/mol. The summed E-state index contributed by atoms with van der Waals surface area (Å²) in [6, 6.07) is 8.78. The van der Waals surface area contributed by atoms with Gasteiger partial charge in [-0.2, -0.15) is 10.2 Å². The van der Waals surface area contributed by atoms with Gasteiger partial charge in [-0.05, 0) is 102 Å². The Morgan fingerprint density at radius 1 is 0.588 bits per heavy atom. The van der Waals surface area contributed by atoms with E-state index in [1.54, 1.807) is 48.8 Å². The van der Waals surface area contributed by atoms with Gasteiger partial charge in [-0.3, -0.25) is 57.5 Å². The van der Waals surface area contributed by atoms with Crippen LogP contribution >= 0.6 is 46.4 Å². The second kappa shape index (κ2) is 20.7. The Morgan fingerprint density at radius 3 is 1.29 bits per heavy atom. The lowest BCUT2D eigenvalue weighted by Gasteiger charge is -2.34. The lowest BCUT2D eigenvalue weighted by atomic mass is 10.0. The minimum absolute atomic E-state index is 0.0119. The van der Waals surface area contributed by atoms with Gasteiger partial charge in [-0.25, -0.2) is 0 Å². The van der Waals surface area contributed by atoms with E-state index < -0.39 is 67.0 Å². The second-order valence-corrected chi connectivity index (χ2v) is 25.5. The van der Waals surface area contributed by atoms with Crippen molar-refractivity contribution < 1.29 is 38.4 Å². The molecule has 2 saturated carbocycles. The summed E-state index contributed by atoms with van der Waals surface area (Å²) in [5, 5.41) is 20.9. The predicted molar refractivity (Wildman–Crippen MR) is 298 cm³/mol. The third kappa shape index (κ3) is 9.82. The zero-order chi connectivity index (χ0) is 56.8. The smallest absolute Gasteiger partial charge is 0.264 e. The zero-order valence-electron chi connectivity index (χ0n) is 44.2. The van der Waals surface area contributed by atoms with Crippen molar-refractivity contribution >= 4 is 105 Å². The normalized spacial score (nSPS) is 26.1. The number of hydrogen-bond donors (Lipinski definition) is 4. The van der Waals surface area contributed by atoms with Crippen LogP contribution in [-0.2, 0) is 32.3 Å². The number of imide groups is 2. The lowest BCUT2D eigenvalue weighted by Crippen LogP contribution is -2.51. The van der Waals surface area contributed by atoms with Crippen LogP contribution in [0, 0.1) is 10.8 Å². The molecule has 6 aliphatic heterocycles. The lowest BCUT2D eigenvalue weighted by molar-refractivity contribution is -0.138. The van der Waals surface area contributed by atoms with Crippen molar-refractivity contribution in [3.05, 3.63) is 119 Å². The SMILES string of the molecule is C=C1CCC(N2C(=O)c3cccc(NCc4cnn(C5CCN(C(=O)[C@@]6(C)CC6(Cl)Cl)CC5)c4)c3C2=O)C(=O)N1.C=C1CCC(N2C(=O)c3cccc(NCc4cnn(C5CCN(C(=O)[C@]6(C)CC6(Cl)Cl)CC5)c4)c3C2=O)C(=O)N1. The van der Waals surface area contributed by atoms with Crippen molar-refractivity contribution in [2.24, 2.45) is 10.8 Å². The molecule has 0 radical (unpaired) electrons. The van der Waals surface area contributed by atoms with E-state index in [0.29, 0.717) is 101 Å². The number of halogens is 4. The number of aromatic nitrogens is 4. The van der Waals surface area contributed by atoms with Crippen molar-refractivity contribution in [2.75, 3.05) is 36.8 Å². The maximum Gasteiger partial charge on any atom is 0.264 e. The molecule has 80 heavy (non-hydrogen) atoms. The van der Waals surface area contributed by atoms with Gasteiger partial charge in [0, 0.05) is 85.6 Å². The minimum atomic E-state index is -0.972. The van der Waals surface area contributed by atoms with Gasteiger partial charge in [0.15, 0.2) is 0 Å². The minimum Gasteiger partial charge on any atom is -0.380 e. The predicted octanol–water partition coefficient (Wildman–Crippen LogP) is 7.26. The van der Waals surface area contributed by atoms with Gasteiger partial charge >= 0.3 is 0 Å². The molecule has 2 aliphatic carbocycles. The summed E-state index contributed by atoms with van der Waals surface area (Å²) in [7, 11) is 0. The second-order valence-electron chi connectivity index (χ2n) is 22.5. The highest BCUT2D eigenvalue weighted by molar-refractivity contribution is 6.53. The number of nitrogens with zero attached hydrogens (tertiary/aromatic N) is 8. The molecule has 4 saturated heterocycles. The molecule has 0 bridgehead atoms. The van der Waals surface area contributed by atoms with Gasteiger partial charge in [0.1, 0.15) is 20.8 Å².